The van der Waals surface area contributed by atoms with Crippen molar-refractivity contribution in [3.05, 3.63) is 23.2 Å². The van der Waals surface area contributed by atoms with E-state index in [2.05, 4.69) is 10.6 Å². The van der Waals surface area contributed by atoms with Crippen LogP contribution in [0.2, 0.25) is 0 Å². The van der Waals surface area contributed by atoms with Gasteiger partial charge in [-0.25, -0.2) is 4.79 Å². The van der Waals surface area contributed by atoms with Crippen LogP contribution in [-0.2, 0) is 11.3 Å². The minimum atomic E-state index is -0.995. The predicted octanol–water partition coefficient (Wildman–Crippen LogP) is 1.68. The molecule has 0 saturated carbocycles. The molecule has 1 amide bonds. The van der Waals surface area contributed by atoms with E-state index in [4.69, 9.17) is 9.52 Å². The first-order chi connectivity index (χ1) is 9.43. The van der Waals surface area contributed by atoms with Crippen LogP contribution in [0.5, 0.6) is 0 Å². The van der Waals surface area contributed by atoms with E-state index in [0.29, 0.717) is 31.0 Å². The van der Waals surface area contributed by atoms with Gasteiger partial charge in [-0.05, 0) is 26.3 Å². The van der Waals surface area contributed by atoms with Crippen LogP contribution >= 0.6 is 0 Å². The zero-order valence-corrected chi connectivity index (χ0v) is 12.2. The molecule has 1 rings (SSSR count). The lowest BCUT2D eigenvalue weighted by Crippen LogP contribution is -2.33. The Labute approximate surface area is 118 Å². The molecular weight excluding hydrogens is 260 g/mol. The fourth-order valence-electron chi connectivity index (χ4n) is 1.71. The number of nitrogens with one attached hydrogen (secondary N) is 2. The average molecular weight is 282 g/mol. The molecule has 0 radical (unpaired) electrons. The van der Waals surface area contributed by atoms with Crippen molar-refractivity contribution in [2.24, 2.45) is 0 Å². The number of carbonyl (C=O) groups excluding carboxylic acids is 1. The summed E-state index contributed by atoms with van der Waals surface area (Å²) in [5, 5.41) is 14.8. The van der Waals surface area contributed by atoms with Gasteiger partial charge in [-0.2, -0.15) is 0 Å². The van der Waals surface area contributed by atoms with Gasteiger partial charge in [-0.15, -0.1) is 0 Å². The second kappa shape index (κ2) is 7.69. The first-order valence-electron chi connectivity index (χ1n) is 6.76. The maximum absolute atomic E-state index is 11.5. The summed E-state index contributed by atoms with van der Waals surface area (Å²) in [6.45, 7) is 6.52. The number of hydrogen-bond donors (Lipinski definition) is 3. The molecule has 1 atom stereocenters. The quantitative estimate of drug-likeness (QED) is 0.631. The molecule has 1 aromatic heterocycles. The smallest absolute Gasteiger partial charge is 0.339 e. The average Bonchev–Trinajstić information content (AvgIpc) is 2.76. The number of hydrogen-bond acceptors (Lipinski definition) is 4. The molecule has 3 N–H and O–H groups in total. The van der Waals surface area contributed by atoms with Gasteiger partial charge in [0.05, 0.1) is 6.54 Å². The molecule has 0 fully saturated rings. The molecule has 0 aliphatic heterocycles. The number of aryl methyl sites for hydroxylation is 1. The second-order valence-electron chi connectivity index (χ2n) is 4.79. The Kier molecular flexibility index (Phi) is 6.24. The van der Waals surface area contributed by atoms with Crippen molar-refractivity contribution in [3.8, 4) is 0 Å². The molecule has 1 aromatic rings. The summed E-state index contributed by atoms with van der Waals surface area (Å²) in [6.07, 6.45) is 1.29. The number of amides is 1. The molecule has 6 nitrogen and oxygen atoms in total. The maximum atomic E-state index is 11.5. The van der Waals surface area contributed by atoms with Crippen LogP contribution in [-0.4, -0.2) is 29.6 Å². The number of rotatable bonds is 8. The lowest BCUT2D eigenvalue weighted by molar-refractivity contribution is -0.121. The molecular formula is C14H22N2O4. The third-order valence-corrected chi connectivity index (χ3v) is 3.05. The largest absolute Gasteiger partial charge is 0.478 e. The molecule has 0 saturated heterocycles. The monoisotopic (exact) mass is 282 g/mol. The number of carboxylic acids is 1. The number of furan rings is 1. The van der Waals surface area contributed by atoms with Gasteiger partial charge < -0.3 is 20.2 Å². The second-order valence-corrected chi connectivity index (χ2v) is 4.79. The molecule has 0 aromatic carbocycles. The molecule has 0 aliphatic rings. The molecule has 0 aliphatic carbocycles. The van der Waals surface area contributed by atoms with Gasteiger partial charge in [-0.3, -0.25) is 4.79 Å². The Morgan fingerprint density at radius 2 is 2.15 bits per heavy atom. The van der Waals surface area contributed by atoms with Crippen LogP contribution in [0.1, 0.15) is 48.6 Å². The van der Waals surface area contributed by atoms with E-state index >= 15 is 0 Å². The van der Waals surface area contributed by atoms with Crippen molar-refractivity contribution in [2.45, 2.75) is 46.2 Å². The van der Waals surface area contributed by atoms with Gasteiger partial charge in [0.1, 0.15) is 17.1 Å². The number of carboxylic acid groups (broad SMARTS) is 1. The lowest BCUT2D eigenvalue weighted by Gasteiger charge is -2.11. The minimum Gasteiger partial charge on any atom is -0.478 e. The Morgan fingerprint density at radius 1 is 1.45 bits per heavy atom. The van der Waals surface area contributed by atoms with Crippen molar-refractivity contribution in [2.75, 3.05) is 6.54 Å². The molecule has 20 heavy (non-hydrogen) atoms. The third kappa shape index (κ3) is 5.05. The van der Waals surface area contributed by atoms with Crippen LogP contribution < -0.4 is 10.6 Å². The van der Waals surface area contributed by atoms with E-state index in [1.54, 1.807) is 6.92 Å². The standard InChI is InChI=1S/C14H22N2O4/c1-4-9(2)16-13(17)5-6-15-8-11-7-12(14(18)19)10(3)20-11/h7,9,15H,4-6,8H2,1-3H3,(H,16,17)(H,18,19). The van der Waals surface area contributed by atoms with Crippen molar-refractivity contribution >= 4 is 11.9 Å². The van der Waals surface area contributed by atoms with Crippen molar-refractivity contribution < 1.29 is 19.1 Å². The summed E-state index contributed by atoms with van der Waals surface area (Å²) in [6, 6.07) is 1.69. The van der Waals surface area contributed by atoms with E-state index in [1.807, 2.05) is 13.8 Å². The Morgan fingerprint density at radius 3 is 2.70 bits per heavy atom. The van der Waals surface area contributed by atoms with Crippen LogP contribution in [0, 0.1) is 6.92 Å². The van der Waals surface area contributed by atoms with Gasteiger partial charge in [0.2, 0.25) is 5.91 Å². The van der Waals surface area contributed by atoms with Crippen LogP contribution in [0.25, 0.3) is 0 Å². The minimum absolute atomic E-state index is 0.00806. The van der Waals surface area contributed by atoms with E-state index in [9.17, 15) is 9.59 Å². The third-order valence-electron chi connectivity index (χ3n) is 3.05. The van der Waals surface area contributed by atoms with Gasteiger partial charge in [0, 0.05) is 19.0 Å². The Balaban J connectivity index is 2.29. The van der Waals surface area contributed by atoms with Gasteiger partial charge in [0.25, 0.3) is 0 Å². The molecule has 0 spiro atoms. The predicted molar refractivity (Wildman–Crippen MR) is 74.6 cm³/mol. The van der Waals surface area contributed by atoms with E-state index in [1.165, 1.54) is 6.07 Å². The zero-order chi connectivity index (χ0) is 15.1. The van der Waals surface area contributed by atoms with Crippen LogP contribution in [0.3, 0.4) is 0 Å². The Hall–Kier alpha value is -1.82. The SMILES string of the molecule is CCC(C)NC(=O)CCNCc1cc(C(=O)O)c(C)o1. The highest BCUT2D eigenvalue weighted by Gasteiger charge is 2.13. The number of aromatic carboxylic acids is 1. The van der Waals surface area contributed by atoms with Crippen molar-refractivity contribution in [1.29, 1.82) is 0 Å². The first kappa shape index (κ1) is 16.2. The summed E-state index contributed by atoms with van der Waals surface area (Å²) in [4.78, 5) is 22.4. The van der Waals surface area contributed by atoms with Crippen molar-refractivity contribution in [3.63, 3.8) is 0 Å². The van der Waals surface area contributed by atoms with E-state index in [-0.39, 0.29) is 17.5 Å². The molecule has 1 unspecified atom stereocenters. The highest BCUT2D eigenvalue weighted by atomic mass is 16.4. The van der Waals surface area contributed by atoms with Crippen molar-refractivity contribution in [1.82, 2.24) is 10.6 Å². The summed E-state index contributed by atoms with van der Waals surface area (Å²) in [7, 11) is 0. The molecule has 6 heteroatoms. The van der Waals surface area contributed by atoms with E-state index < -0.39 is 5.97 Å². The van der Waals surface area contributed by atoms with Crippen LogP contribution in [0.15, 0.2) is 10.5 Å². The summed E-state index contributed by atoms with van der Waals surface area (Å²) in [5.74, 6) is -0.0369. The van der Waals surface area contributed by atoms with Gasteiger partial charge in [0.15, 0.2) is 0 Å². The molecule has 112 valence electrons. The zero-order valence-electron chi connectivity index (χ0n) is 12.2. The normalized spacial score (nSPS) is 12.2. The lowest BCUT2D eigenvalue weighted by atomic mass is 10.2. The van der Waals surface area contributed by atoms with E-state index in [0.717, 1.165) is 6.42 Å². The Bertz CT molecular complexity index is 468. The first-order valence-corrected chi connectivity index (χ1v) is 6.76. The fraction of sp³-hybridized carbons (Fsp3) is 0.571. The fourth-order valence-corrected chi connectivity index (χ4v) is 1.71. The van der Waals surface area contributed by atoms with Crippen LogP contribution in [0.4, 0.5) is 0 Å². The van der Waals surface area contributed by atoms with Gasteiger partial charge in [-0.1, -0.05) is 6.92 Å². The van der Waals surface area contributed by atoms with Gasteiger partial charge >= 0.3 is 5.97 Å². The molecule has 1 heterocycles. The highest BCUT2D eigenvalue weighted by molar-refractivity contribution is 5.88. The summed E-state index contributed by atoms with van der Waals surface area (Å²) >= 11 is 0. The summed E-state index contributed by atoms with van der Waals surface area (Å²) < 4.78 is 5.32. The maximum Gasteiger partial charge on any atom is 0.339 e. The topological polar surface area (TPSA) is 91.6 Å². The highest BCUT2D eigenvalue weighted by Crippen LogP contribution is 2.14. The summed E-state index contributed by atoms with van der Waals surface area (Å²) in [5.41, 5.74) is 0.177. The molecule has 0 bridgehead atoms. The number of carbonyl (C=O) groups is 2.